The predicted octanol–water partition coefficient (Wildman–Crippen LogP) is 2.41. The topological polar surface area (TPSA) is 117 Å². The van der Waals surface area contributed by atoms with Gasteiger partial charge in [0.15, 0.2) is 0 Å². The summed E-state index contributed by atoms with van der Waals surface area (Å²) in [5.41, 5.74) is 5.79. The fourth-order valence-corrected chi connectivity index (χ4v) is 4.44. The fraction of sp³-hybridized carbons (Fsp3) is 0.389. The highest BCUT2D eigenvalue weighted by Crippen LogP contribution is 2.35. The molecule has 3 rings (SSSR count). The van der Waals surface area contributed by atoms with Crippen LogP contribution in [0.4, 0.5) is 10.1 Å². The molecule has 7 nitrogen and oxygen atoms in total. The van der Waals surface area contributed by atoms with E-state index in [1.807, 2.05) is 0 Å². The van der Waals surface area contributed by atoms with Gasteiger partial charge in [-0.3, -0.25) is 9.59 Å². The number of aryl methyl sites for hydroxylation is 1. The maximum Gasteiger partial charge on any atom is 0.303 e. The minimum atomic E-state index is -0.906. The Morgan fingerprint density at radius 1 is 1.43 bits per heavy atom. The van der Waals surface area contributed by atoms with E-state index >= 15 is 0 Å². The number of aliphatic hydroxyl groups is 1. The molecule has 2 aromatic rings. The number of benzene rings is 1. The molecule has 28 heavy (non-hydrogen) atoms. The number of nitrogens with zero attached hydrogens (tertiary/aromatic N) is 2. The Labute approximate surface area is 169 Å². The zero-order valence-electron chi connectivity index (χ0n) is 14.8. The van der Waals surface area contributed by atoms with Crippen LogP contribution in [0.5, 0.6) is 0 Å². The molecule has 0 saturated carbocycles. The fourth-order valence-electron chi connectivity index (χ4n) is 3.16. The van der Waals surface area contributed by atoms with Gasteiger partial charge in [-0.2, -0.15) is 0 Å². The van der Waals surface area contributed by atoms with E-state index in [0.29, 0.717) is 24.4 Å². The Balaban J connectivity index is 1.76. The van der Waals surface area contributed by atoms with Gasteiger partial charge in [0.25, 0.3) is 0 Å². The van der Waals surface area contributed by atoms with Gasteiger partial charge in [-0.1, -0.05) is 11.6 Å². The number of nitrogen functional groups attached to an aromatic ring is 1. The van der Waals surface area contributed by atoms with Crippen LogP contribution in [0.25, 0.3) is 0 Å². The van der Waals surface area contributed by atoms with Gasteiger partial charge in [-0.25, -0.2) is 9.37 Å². The van der Waals surface area contributed by atoms with Crippen LogP contribution < -0.4 is 5.73 Å². The number of carboxylic acids is 1. The highest BCUT2D eigenvalue weighted by molar-refractivity contribution is 7.11. The van der Waals surface area contributed by atoms with Crippen molar-refractivity contribution < 1.29 is 24.2 Å². The largest absolute Gasteiger partial charge is 0.481 e. The smallest absolute Gasteiger partial charge is 0.303 e. The summed E-state index contributed by atoms with van der Waals surface area (Å²) in [6.45, 7) is 0.318. The molecule has 0 bridgehead atoms. The molecule has 0 aliphatic carbocycles. The van der Waals surface area contributed by atoms with Crippen molar-refractivity contribution in [3.8, 4) is 0 Å². The van der Waals surface area contributed by atoms with Crippen LogP contribution in [0.15, 0.2) is 18.3 Å². The van der Waals surface area contributed by atoms with Crippen LogP contribution in [0.1, 0.15) is 34.3 Å². The number of hydrogen-bond acceptors (Lipinski definition) is 6. The summed E-state index contributed by atoms with van der Waals surface area (Å²) in [4.78, 5) is 30.0. The molecule has 2 atom stereocenters. The SMILES string of the molecule is Nc1cc(F)c(CC(=O)N2CC[C@H](O)[C@H]2c2ncc(CCC(=O)O)s2)cc1Cl. The van der Waals surface area contributed by atoms with E-state index in [4.69, 9.17) is 22.4 Å². The standard InChI is InChI=1S/C18H19ClFN3O4S/c19-11-5-9(12(20)7-13(11)21)6-15(25)23-4-3-14(24)17(23)18-22-8-10(28-18)1-2-16(26)27/h5,7-8,14,17,24H,1-4,6,21H2,(H,26,27)/t14-,17-/m0/s1. The number of aromatic nitrogens is 1. The monoisotopic (exact) mass is 427 g/mol. The lowest BCUT2D eigenvalue weighted by Crippen LogP contribution is -2.34. The average Bonchev–Trinajstić information content (AvgIpc) is 3.24. The van der Waals surface area contributed by atoms with Crippen molar-refractivity contribution in [1.82, 2.24) is 9.88 Å². The lowest BCUT2D eigenvalue weighted by Gasteiger charge is -2.25. The Morgan fingerprint density at radius 3 is 2.89 bits per heavy atom. The van der Waals surface area contributed by atoms with Crippen molar-refractivity contribution >= 4 is 40.5 Å². The Bertz CT molecular complexity index is 907. The van der Waals surface area contributed by atoms with Crippen LogP contribution in [-0.4, -0.2) is 44.6 Å². The number of rotatable bonds is 6. The number of hydrogen-bond donors (Lipinski definition) is 3. The van der Waals surface area contributed by atoms with Gasteiger partial charge in [-0.15, -0.1) is 11.3 Å². The lowest BCUT2D eigenvalue weighted by molar-refractivity contribution is -0.137. The summed E-state index contributed by atoms with van der Waals surface area (Å²) < 4.78 is 14.1. The zero-order valence-corrected chi connectivity index (χ0v) is 16.3. The molecule has 0 unspecified atom stereocenters. The van der Waals surface area contributed by atoms with E-state index in [1.54, 1.807) is 6.20 Å². The third-order valence-electron chi connectivity index (χ3n) is 4.60. The number of amides is 1. The number of carboxylic acid groups (broad SMARTS) is 1. The third kappa shape index (κ3) is 4.43. The maximum absolute atomic E-state index is 14.1. The van der Waals surface area contributed by atoms with Crippen molar-refractivity contribution in [2.24, 2.45) is 0 Å². The molecule has 1 amide bonds. The Morgan fingerprint density at radius 2 is 2.18 bits per heavy atom. The molecule has 1 aromatic heterocycles. The molecule has 1 saturated heterocycles. The number of anilines is 1. The third-order valence-corrected chi connectivity index (χ3v) is 6.06. The molecule has 1 aliphatic rings. The van der Waals surface area contributed by atoms with Crippen molar-refractivity contribution in [2.75, 3.05) is 12.3 Å². The predicted molar refractivity (Wildman–Crippen MR) is 103 cm³/mol. The molecular weight excluding hydrogens is 409 g/mol. The minimum Gasteiger partial charge on any atom is -0.481 e. The quantitative estimate of drug-likeness (QED) is 0.609. The number of carbonyl (C=O) groups excluding carboxylic acids is 1. The van der Waals surface area contributed by atoms with Gasteiger partial charge < -0.3 is 20.8 Å². The van der Waals surface area contributed by atoms with E-state index in [-0.39, 0.29) is 35.0 Å². The summed E-state index contributed by atoms with van der Waals surface area (Å²) in [6.07, 6.45) is 1.25. The highest BCUT2D eigenvalue weighted by atomic mass is 35.5. The summed E-state index contributed by atoms with van der Waals surface area (Å²) in [5, 5.41) is 19.9. The molecule has 0 radical (unpaired) electrons. The summed E-state index contributed by atoms with van der Waals surface area (Å²) >= 11 is 7.20. The van der Waals surface area contributed by atoms with Crippen LogP contribution in [0.2, 0.25) is 5.02 Å². The second-order valence-electron chi connectivity index (χ2n) is 6.59. The highest BCUT2D eigenvalue weighted by Gasteiger charge is 2.39. The molecular formula is C18H19ClFN3O4S. The normalized spacial score (nSPS) is 19.2. The number of aliphatic hydroxyl groups excluding tert-OH is 1. The van der Waals surface area contributed by atoms with E-state index in [0.717, 1.165) is 10.9 Å². The summed E-state index contributed by atoms with van der Waals surface area (Å²) in [6, 6.07) is 1.78. The van der Waals surface area contributed by atoms with E-state index in [9.17, 15) is 19.1 Å². The Kier molecular flexibility index (Phi) is 6.17. The first-order chi connectivity index (χ1) is 13.3. The van der Waals surface area contributed by atoms with Crippen molar-refractivity contribution in [1.29, 1.82) is 0 Å². The van der Waals surface area contributed by atoms with Gasteiger partial charge in [0, 0.05) is 17.6 Å². The molecule has 1 aromatic carbocycles. The van der Waals surface area contributed by atoms with Crippen molar-refractivity contribution in [2.45, 2.75) is 37.8 Å². The molecule has 1 aliphatic heterocycles. The molecule has 2 heterocycles. The Hall–Kier alpha value is -2.23. The number of carbonyl (C=O) groups is 2. The van der Waals surface area contributed by atoms with Crippen LogP contribution in [0.3, 0.4) is 0 Å². The number of aliphatic carboxylic acids is 1. The van der Waals surface area contributed by atoms with Crippen LogP contribution in [0, 0.1) is 5.82 Å². The first-order valence-electron chi connectivity index (χ1n) is 8.63. The van der Waals surface area contributed by atoms with Gasteiger partial charge in [0.05, 0.1) is 29.7 Å². The molecule has 150 valence electrons. The van der Waals surface area contributed by atoms with Gasteiger partial charge in [-0.05, 0) is 30.5 Å². The number of nitrogens with two attached hydrogens (primary N) is 1. The summed E-state index contributed by atoms with van der Waals surface area (Å²) in [7, 11) is 0. The van der Waals surface area contributed by atoms with Crippen LogP contribution in [-0.2, 0) is 22.4 Å². The number of halogens is 2. The minimum absolute atomic E-state index is 0.0192. The first-order valence-corrected chi connectivity index (χ1v) is 9.83. The average molecular weight is 428 g/mol. The van der Waals surface area contributed by atoms with Gasteiger partial charge in [0.2, 0.25) is 5.91 Å². The second-order valence-corrected chi connectivity index (χ2v) is 8.14. The van der Waals surface area contributed by atoms with Crippen molar-refractivity contribution in [3.05, 3.63) is 44.6 Å². The van der Waals surface area contributed by atoms with Gasteiger partial charge in [0.1, 0.15) is 16.9 Å². The maximum atomic E-state index is 14.1. The van der Waals surface area contributed by atoms with Crippen molar-refractivity contribution in [3.63, 3.8) is 0 Å². The van der Waals surface area contributed by atoms with E-state index in [1.165, 1.54) is 22.3 Å². The molecule has 0 spiro atoms. The molecule has 4 N–H and O–H groups in total. The first kappa shape index (κ1) is 20.5. The van der Waals surface area contributed by atoms with E-state index < -0.39 is 23.9 Å². The van der Waals surface area contributed by atoms with Crippen LogP contribution >= 0.6 is 22.9 Å². The molecule has 1 fully saturated rings. The number of thiazole rings is 1. The molecule has 10 heteroatoms. The van der Waals surface area contributed by atoms with E-state index in [2.05, 4.69) is 4.98 Å². The zero-order chi connectivity index (χ0) is 20.4. The number of likely N-dealkylation sites (tertiary alicyclic amines) is 1. The second kappa shape index (κ2) is 8.42. The lowest BCUT2D eigenvalue weighted by atomic mass is 10.1. The summed E-state index contributed by atoms with van der Waals surface area (Å²) in [5.74, 6) is -1.88. The van der Waals surface area contributed by atoms with Gasteiger partial charge >= 0.3 is 5.97 Å².